The molecule has 27 heavy (non-hydrogen) atoms. The van der Waals surface area contributed by atoms with Crippen LogP contribution in [0.25, 0.3) is 11.3 Å². The molecule has 1 fully saturated rings. The Morgan fingerprint density at radius 1 is 1.33 bits per heavy atom. The van der Waals surface area contributed by atoms with Crippen LogP contribution in [0.1, 0.15) is 38.0 Å². The SMILES string of the molecule is Cc1ccccc1-c1cc(CC2(C(=O)O)CCCN(C(=O)C(C)C)C2)on1. The van der Waals surface area contributed by atoms with Crippen LogP contribution in [0.2, 0.25) is 0 Å². The molecule has 1 atom stereocenters. The Bertz CT molecular complexity index is 842. The molecule has 0 spiro atoms. The Hall–Kier alpha value is -2.63. The first-order valence-electron chi connectivity index (χ1n) is 9.36. The second-order valence-corrected chi connectivity index (χ2v) is 7.77. The van der Waals surface area contributed by atoms with E-state index in [0.717, 1.165) is 11.1 Å². The predicted molar refractivity (Wildman–Crippen MR) is 101 cm³/mol. The van der Waals surface area contributed by atoms with Gasteiger partial charge >= 0.3 is 5.97 Å². The highest BCUT2D eigenvalue weighted by Gasteiger charge is 2.45. The number of aromatic nitrogens is 1. The summed E-state index contributed by atoms with van der Waals surface area (Å²) in [6.45, 7) is 6.49. The van der Waals surface area contributed by atoms with Crippen molar-refractivity contribution >= 4 is 11.9 Å². The summed E-state index contributed by atoms with van der Waals surface area (Å²) in [5.74, 6) is -0.502. The van der Waals surface area contributed by atoms with Gasteiger partial charge in [0.25, 0.3) is 0 Å². The molecule has 6 nitrogen and oxygen atoms in total. The van der Waals surface area contributed by atoms with Crippen molar-refractivity contribution in [2.75, 3.05) is 13.1 Å². The minimum absolute atomic E-state index is 0.00139. The standard InChI is InChI=1S/C21H26N2O4/c1-14(2)19(24)23-10-6-9-21(13-23,20(25)26)12-16-11-18(22-27-16)17-8-5-4-7-15(17)3/h4-5,7-8,11,14H,6,9-10,12-13H2,1-3H3,(H,25,26). The maximum atomic E-state index is 12.4. The Balaban J connectivity index is 1.84. The second kappa shape index (κ2) is 7.55. The molecule has 0 saturated carbocycles. The van der Waals surface area contributed by atoms with Gasteiger partial charge in [0, 0.05) is 37.1 Å². The highest BCUT2D eigenvalue weighted by atomic mass is 16.5. The van der Waals surface area contributed by atoms with E-state index in [9.17, 15) is 14.7 Å². The number of likely N-dealkylation sites (tertiary alicyclic amines) is 1. The number of aliphatic carboxylic acids is 1. The Morgan fingerprint density at radius 3 is 2.74 bits per heavy atom. The summed E-state index contributed by atoms with van der Waals surface area (Å²) in [6, 6.07) is 9.68. The Labute approximate surface area is 159 Å². The number of piperidine rings is 1. The van der Waals surface area contributed by atoms with Crippen LogP contribution in [0.3, 0.4) is 0 Å². The highest BCUT2D eigenvalue weighted by molar-refractivity contribution is 5.81. The zero-order chi connectivity index (χ0) is 19.6. The molecular formula is C21H26N2O4. The van der Waals surface area contributed by atoms with Gasteiger partial charge in [0.15, 0.2) is 0 Å². The average Bonchev–Trinajstić information content (AvgIpc) is 3.09. The third-order valence-electron chi connectivity index (χ3n) is 5.33. The Kier molecular flexibility index (Phi) is 5.35. The molecular weight excluding hydrogens is 344 g/mol. The molecule has 1 aromatic heterocycles. The quantitative estimate of drug-likeness (QED) is 0.870. The van der Waals surface area contributed by atoms with Gasteiger partial charge in [0.05, 0.1) is 5.41 Å². The fourth-order valence-electron chi connectivity index (χ4n) is 3.80. The van der Waals surface area contributed by atoms with E-state index in [1.54, 1.807) is 4.90 Å². The lowest BCUT2D eigenvalue weighted by Crippen LogP contribution is -2.51. The van der Waals surface area contributed by atoms with Gasteiger partial charge in [-0.05, 0) is 25.3 Å². The number of carboxylic acid groups (broad SMARTS) is 1. The molecule has 1 aromatic carbocycles. The summed E-state index contributed by atoms with van der Waals surface area (Å²) < 4.78 is 5.48. The molecule has 6 heteroatoms. The molecule has 1 unspecified atom stereocenters. The molecule has 1 N–H and O–H groups in total. The molecule has 0 radical (unpaired) electrons. The molecule has 1 aliphatic heterocycles. The molecule has 0 aliphatic carbocycles. The summed E-state index contributed by atoms with van der Waals surface area (Å²) in [4.78, 5) is 26.2. The minimum Gasteiger partial charge on any atom is -0.481 e. The van der Waals surface area contributed by atoms with Crippen LogP contribution in [-0.2, 0) is 16.0 Å². The predicted octanol–water partition coefficient (Wildman–Crippen LogP) is 3.54. The number of carbonyl (C=O) groups is 2. The van der Waals surface area contributed by atoms with E-state index in [2.05, 4.69) is 5.16 Å². The largest absolute Gasteiger partial charge is 0.481 e. The lowest BCUT2D eigenvalue weighted by atomic mass is 9.76. The van der Waals surface area contributed by atoms with E-state index in [0.29, 0.717) is 30.8 Å². The molecule has 1 amide bonds. The van der Waals surface area contributed by atoms with E-state index in [4.69, 9.17) is 4.52 Å². The van der Waals surface area contributed by atoms with Crippen LogP contribution in [0.15, 0.2) is 34.9 Å². The number of amides is 1. The number of hydrogen-bond acceptors (Lipinski definition) is 4. The number of hydrogen-bond donors (Lipinski definition) is 1. The van der Waals surface area contributed by atoms with E-state index in [-0.39, 0.29) is 24.8 Å². The topological polar surface area (TPSA) is 83.6 Å². The first kappa shape index (κ1) is 19.1. The summed E-state index contributed by atoms with van der Waals surface area (Å²) >= 11 is 0. The van der Waals surface area contributed by atoms with Gasteiger partial charge < -0.3 is 14.5 Å². The van der Waals surface area contributed by atoms with Crippen molar-refractivity contribution in [3.63, 3.8) is 0 Å². The number of benzene rings is 1. The van der Waals surface area contributed by atoms with Crippen LogP contribution in [0, 0.1) is 18.3 Å². The molecule has 144 valence electrons. The average molecular weight is 370 g/mol. The number of rotatable bonds is 5. The van der Waals surface area contributed by atoms with Gasteiger partial charge in [-0.25, -0.2) is 0 Å². The smallest absolute Gasteiger partial charge is 0.311 e. The van der Waals surface area contributed by atoms with Gasteiger partial charge in [-0.1, -0.05) is 43.3 Å². The number of carboxylic acids is 1. The van der Waals surface area contributed by atoms with E-state index < -0.39 is 11.4 Å². The Morgan fingerprint density at radius 2 is 2.07 bits per heavy atom. The minimum atomic E-state index is -1.04. The van der Waals surface area contributed by atoms with E-state index >= 15 is 0 Å². The summed E-state index contributed by atoms with van der Waals surface area (Å²) in [7, 11) is 0. The number of nitrogens with zero attached hydrogens (tertiary/aromatic N) is 2. The zero-order valence-corrected chi connectivity index (χ0v) is 16.1. The number of aryl methyl sites for hydroxylation is 1. The lowest BCUT2D eigenvalue weighted by Gasteiger charge is -2.40. The first-order chi connectivity index (χ1) is 12.8. The molecule has 1 saturated heterocycles. The van der Waals surface area contributed by atoms with Crippen molar-refractivity contribution in [2.45, 2.75) is 40.0 Å². The van der Waals surface area contributed by atoms with Crippen molar-refractivity contribution in [1.29, 1.82) is 0 Å². The number of carbonyl (C=O) groups excluding carboxylic acids is 1. The maximum absolute atomic E-state index is 12.4. The van der Waals surface area contributed by atoms with E-state index in [1.807, 2.05) is 51.1 Å². The molecule has 3 rings (SSSR count). The van der Waals surface area contributed by atoms with Crippen molar-refractivity contribution in [2.24, 2.45) is 11.3 Å². The van der Waals surface area contributed by atoms with Crippen molar-refractivity contribution in [3.8, 4) is 11.3 Å². The summed E-state index contributed by atoms with van der Waals surface area (Å²) in [6.07, 6.45) is 1.41. The van der Waals surface area contributed by atoms with Gasteiger partial charge in [0.1, 0.15) is 11.5 Å². The van der Waals surface area contributed by atoms with Gasteiger partial charge in [0.2, 0.25) is 5.91 Å². The van der Waals surface area contributed by atoms with Gasteiger partial charge in [-0.15, -0.1) is 0 Å². The van der Waals surface area contributed by atoms with Crippen LogP contribution in [0.5, 0.6) is 0 Å². The third kappa shape index (κ3) is 3.89. The maximum Gasteiger partial charge on any atom is 0.311 e. The second-order valence-electron chi connectivity index (χ2n) is 7.77. The summed E-state index contributed by atoms with van der Waals surface area (Å²) in [5.41, 5.74) is 1.72. The summed E-state index contributed by atoms with van der Waals surface area (Å²) in [5, 5.41) is 14.1. The van der Waals surface area contributed by atoms with E-state index in [1.165, 1.54) is 0 Å². The zero-order valence-electron chi connectivity index (χ0n) is 16.1. The fraction of sp³-hybridized carbons (Fsp3) is 0.476. The monoisotopic (exact) mass is 370 g/mol. The fourth-order valence-corrected chi connectivity index (χ4v) is 3.80. The van der Waals surface area contributed by atoms with Crippen LogP contribution >= 0.6 is 0 Å². The normalized spacial score (nSPS) is 20.1. The van der Waals surface area contributed by atoms with Crippen molar-refractivity contribution in [3.05, 3.63) is 41.7 Å². The molecule has 2 aromatic rings. The third-order valence-corrected chi connectivity index (χ3v) is 5.33. The van der Waals surface area contributed by atoms with Gasteiger partial charge in [-0.2, -0.15) is 0 Å². The van der Waals surface area contributed by atoms with Crippen molar-refractivity contribution < 1.29 is 19.2 Å². The van der Waals surface area contributed by atoms with Crippen molar-refractivity contribution in [1.82, 2.24) is 10.1 Å². The highest BCUT2D eigenvalue weighted by Crippen LogP contribution is 2.36. The van der Waals surface area contributed by atoms with Crippen LogP contribution in [-0.4, -0.2) is 40.1 Å². The molecule has 1 aliphatic rings. The lowest BCUT2D eigenvalue weighted by molar-refractivity contribution is -0.156. The van der Waals surface area contributed by atoms with Crippen LogP contribution in [0.4, 0.5) is 0 Å². The first-order valence-corrected chi connectivity index (χ1v) is 9.36. The molecule has 2 heterocycles. The molecule has 0 bridgehead atoms. The van der Waals surface area contributed by atoms with Crippen LogP contribution < -0.4 is 0 Å². The van der Waals surface area contributed by atoms with Gasteiger partial charge in [-0.3, -0.25) is 9.59 Å².